The van der Waals surface area contributed by atoms with Crippen LogP contribution >= 0.6 is 24.8 Å². The first-order valence-corrected chi connectivity index (χ1v) is 6.16. The van der Waals surface area contributed by atoms with Crippen LogP contribution in [-0.2, 0) is 0 Å². The molecule has 126 valence electrons. The summed E-state index contributed by atoms with van der Waals surface area (Å²) in [7, 11) is 0. The van der Waals surface area contributed by atoms with Gasteiger partial charge in [0.15, 0.2) is 0 Å². The molecule has 1 atom stereocenters. The molecule has 1 fully saturated rings. The number of nitro benzene ring substituents is 1. The molecule has 1 saturated heterocycles. The summed E-state index contributed by atoms with van der Waals surface area (Å²) in [6, 6.07) is 3.11. The van der Waals surface area contributed by atoms with Crippen LogP contribution in [0, 0.1) is 10.1 Å². The van der Waals surface area contributed by atoms with Gasteiger partial charge >= 0.3 is 6.18 Å². The number of alkyl halides is 3. The van der Waals surface area contributed by atoms with Gasteiger partial charge in [0.25, 0.3) is 5.69 Å². The Morgan fingerprint density at radius 1 is 1.18 bits per heavy atom. The Balaban J connectivity index is 0.00000220. The van der Waals surface area contributed by atoms with Gasteiger partial charge in [0.05, 0.1) is 10.5 Å². The number of para-hydroxylation sites is 1. The highest BCUT2D eigenvalue weighted by atomic mass is 35.5. The van der Waals surface area contributed by atoms with E-state index in [9.17, 15) is 23.3 Å². The van der Waals surface area contributed by atoms with E-state index in [2.05, 4.69) is 5.32 Å². The lowest BCUT2D eigenvalue weighted by atomic mass is 10.0. The van der Waals surface area contributed by atoms with Crippen molar-refractivity contribution in [3.63, 3.8) is 0 Å². The summed E-state index contributed by atoms with van der Waals surface area (Å²) in [6.45, 7) is 1.28. The van der Waals surface area contributed by atoms with Crippen molar-refractivity contribution in [1.82, 2.24) is 10.2 Å². The van der Waals surface area contributed by atoms with E-state index >= 15 is 0 Å². The quantitative estimate of drug-likeness (QED) is 0.664. The zero-order valence-corrected chi connectivity index (χ0v) is 13.0. The maximum Gasteiger partial charge on any atom is 0.408 e. The summed E-state index contributed by atoms with van der Waals surface area (Å²) in [6.07, 6.45) is -4.55. The number of hydrogen-bond donors (Lipinski definition) is 1. The smallest absolute Gasteiger partial charge is 0.314 e. The lowest BCUT2D eigenvalue weighted by Crippen LogP contribution is -2.49. The lowest BCUT2D eigenvalue weighted by molar-refractivity contribution is -0.386. The van der Waals surface area contributed by atoms with E-state index in [0.717, 1.165) is 6.07 Å². The monoisotopic (exact) mass is 361 g/mol. The zero-order valence-electron chi connectivity index (χ0n) is 11.4. The van der Waals surface area contributed by atoms with Gasteiger partial charge in [-0.1, -0.05) is 18.2 Å². The van der Waals surface area contributed by atoms with Crippen molar-refractivity contribution in [3.8, 4) is 0 Å². The van der Waals surface area contributed by atoms with Crippen LogP contribution in [0.3, 0.4) is 0 Å². The van der Waals surface area contributed by atoms with Crippen molar-refractivity contribution >= 4 is 30.5 Å². The molecule has 1 aliphatic heterocycles. The topological polar surface area (TPSA) is 58.4 Å². The predicted molar refractivity (Wildman–Crippen MR) is 80.8 cm³/mol. The normalized spacial score (nSPS) is 17.0. The van der Waals surface area contributed by atoms with Gasteiger partial charge in [-0.15, -0.1) is 24.8 Å². The van der Waals surface area contributed by atoms with Crippen molar-refractivity contribution in [3.05, 3.63) is 39.9 Å². The van der Waals surface area contributed by atoms with Crippen LogP contribution in [0.25, 0.3) is 0 Å². The molecule has 5 nitrogen and oxygen atoms in total. The average molecular weight is 362 g/mol. The molecule has 2 rings (SSSR count). The standard InChI is InChI=1S/C12H14F3N3O2.2ClH/c13-12(14,15)11(17-7-5-16-6-8-17)9-3-1-2-4-10(9)18(19)20;;/h1-4,11,16H,5-8H2;2*1H/t11-;;/m1../s1. The van der Waals surface area contributed by atoms with Gasteiger partial charge in [-0.25, -0.2) is 0 Å². The fourth-order valence-electron chi connectivity index (χ4n) is 2.41. The first kappa shape index (κ1) is 20.9. The first-order chi connectivity index (χ1) is 9.41. The Hall–Kier alpha value is -1.09. The van der Waals surface area contributed by atoms with Gasteiger partial charge < -0.3 is 5.32 Å². The SMILES string of the molecule is Cl.Cl.O=[N+]([O-])c1ccccc1[C@@H](N1CCNCC1)C(F)(F)F. The number of halogens is 5. The fourth-order valence-corrected chi connectivity index (χ4v) is 2.41. The van der Waals surface area contributed by atoms with Crippen LogP contribution in [0.5, 0.6) is 0 Å². The minimum atomic E-state index is -4.55. The van der Waals surface area contributed by atoms with Gasteiger partial charge in [-0.3, -0.25) is 15.0 Å². The number of piperazine rings is 1. The molecule has 0 amide bonds. The summed E-state index contributed by atoms with van der Waals surface area (Å²) < 4.78 is 40.0. The molecule has 0 aromatic heterocycles. The third-order valence-corrected chi connectivity index (χ3v) is 3.25. The van der Waals surface area contributed by atoms with E-state index in [1.807, 2.05) is 0 Å². The summed E-state index contributed by atoms with van der Waals surface area (Å²) in [5, 5.41) is 13.9. The third-order valence-electron chi connectivity index (χ3n) is 3.25. The molecule has 1 aliphatic rings. The average Bonchev–Trinajstić information content (AvgIpc) is 2.39. The maximum absolute atomic E-state index is 13.3. The molecule has 0 bridgehead atoms. The van der Waals surface area contributed by atoms with Crippen molar-refractivity contribution in [2.75, 3.05) is 26.2 Å². The number of nitrogens with zero attached hydrogens (tertiary/aromatic N) is 2. The van der Waals surface area contributed by atoms with E-state index in [1.54, 1.807) is 0 Å². The second-order valence-electron chi connectivity index (χ2n) is 4.55. The summed E-state index contributed by atoms with van der Waals surface area (Å²) in [5.74, 6) is 0. The van der Waals surface area contributed by atoms with Gasteiger partial charge in [0.2, 0.25) is 0 Å². The minimum absolute atomic E-state index is 0. The van der Waals surface area contributed by atoms with Gasteiger partial charge in [0.1, 0.15) is 6.04 Å². The number of hydrogen-bond acceptors (Lipinski definition) is 4. The Bertz CT molecular complexity index is 497. The van der Waals surface area contributed by atoms with E-state index in [-0.39, 0.29) is 43.5 Å². The third kappa shape index (κ3) is 4.70. The molecule has 10 heteroatoms. The second kappa shape index (κ2) is 8.52. The highest BCUT2D eigenvalue weighted by Gasteiger charge is 2.47. The van der Waals surface area contributed by atoms with Gasteiger partial charge in [-0.2, -0.15) is 13.2 Å². The van der Waals surface area contributed by atoms with Crippen LogP contribution in [0.2, 0.25) is 0 Å². The van der Waals surface area contributed by atoms with E-state index < -0.39 is 22.8 Å². The lowest BCUT2D eigenvalue weighted by Gasteiger charge is -2.35. The highest BCUT2D eigenvalue weighted by molar-refractivity contribution is 5.85. The first-order valence-electron chi connectivity index (χ1n) is 6.16. The molecule has 1 aromatic rings. The molecule has 0 radical (unpaired) electrons. The van der Waals surface area contributed by atoms with Crippen LogP contribution in [0.1, 0.15) is 11.6 Å². The van der Waals surface area contributed by atoms with Gasteiger partial charge in [-0.05, 0) is 0 Å². The minimum Gasteiger partial charge on any atom is -0.314 e. The molecule has 0 saturated carbocycles. The predicted octanol–water partition coefficient (Wildman–Crippen LogP) is 2.95. The van der Waals surface area contributed by atoms with Crippen molar-refractivity contribution in [1.29, 1.82) is 0 Å². The summed E-state index contributed by atoms with van der Waals surface area (Å²) >= 11 is 0. The number of rotatable bonds is 3. The van der Waals surface area contributed by atoms with Gasteiger partial charge in [0, 0.05) is 32.2 Å². The Kier molecular flexibility index (Phi) is 8.10. The van der Waals surface area contributed by atoms with E-state index in [1.165, 1.54) is 23.1 Å². The molecular weight excluding hydrogens is 346 g/mol. The van der Waals surface area contributed by atoms with E-state index in [4.69, 9.17) is 0 Å². The number of nitro groups is 1. The summed E-state index contributed by atoms with van der Waals surface area (Å²) in [4.78, 5) is 11.4. The maximum atomic E-state index is 13.3. The second-order valence-corrected chi connectivity index (χ2v) is 4.55. The Morgan fingerprint density at radius 3 is 2.23 bits per heavy atom. The Labute approximate surface area is 137 Å². The molecular formula is C12H16Cl2F3N3O2. The van der Waals surface area contributed by atoms with Crippen LogP contribution in [-0.4, -0.2) is 42.2 Å². The molecule has 1 heterocycles. The van der Waals surface area contributed by atoms with Crippen LogP contribution < -0.4 is 5.32 Å². The molecule has 1 aromatic carbocycles. The van der Waals surface area contributed by atoms with Crippen molar-refractivity contribution in [2.45, 2.75) is 12.2 Å². The molecule has 0 spiro atoms. The fraction of sp³-hybridized carbons (Fsp3) is 0.500. The number of benzene rings is 1. The molecule has 0 aliphatic carbocycles. The van der Waals surface area contributed by atoms with Crippen LogP contribution in [0.15, 0.2) is 24.3 Å². The zero-order chi connectivity index (χ0) is 14.8. The molecule has 22 heavy (non-hydrogen) atoms. The highest BCUT2D eigenvalue weighted by Crippen LogP contribution is 2.41. The largest absolute Gasteiger partial charge is 0.408 e. The van der Waals surface area contributed by atoms with E-state index in [0.29, 0.717) is 13.1 Å². The van der Waals surface area contributed by atoms with Crippen LogP contribution in [0.4, 0.5) is 18.9 Å². The summed E-state index contributed by atoms with van der Waals surface area (Å²) in [5.41, 5.74) is -0.791. The van der Waals surface area contributed by atoms with Crippen molar-refractivity contribution in [2.24, 2.45) is 0 Å². The molecule has 1 N–H and O–H groups in total. The van der Waals surface area contributed by atoms with Crippen molar-refractivity contribution < 1.29 is 18.1 Å². The Morgan fingerprint density at radius 2 is 1.73 bits per heavy atom. The molecule has 0 unspecified atom stereocenters. The number of nitrogens with one attached hydrogen (secondary N) is 1.